The maximum atomic E-state index is 13.1. The van der Waals surface area contributed by atoms with Crippen LogP contribution in [-0.4, -0.2) is 44.1 Å². The van der Waals surface area contributed by atoms with E-state index in [4.69, 9.17) is 9.47 Å². The number of carbonyl (C=O) groups is 1. The summed E-state index contributed by atoms with van der Waals surface area (Å²) in [6.45, 7) is 2.93. The molecule has 0 aromatic heterocycles. The highest BCUT2D eigenvalue weighted by molar-refractivity contribution is 9.10. The number of methoxy groups -OCH3 is 1. The number of nitrogens with zero attached hydrogens (tertiary/aromatic N) is 3. The van der Waals surface area contributed by atoms with Crippen LogP contribution in [0.2, 0.25) is 0 Å². The first-order chi connectivity index (χ1) is 17.5. The molecule has 4 rings (SSSR count). The zero-order chi connectivity index (χ0) is 25.5. The lowest BCUT2D eigenvalue weighted by molar-refractivity contribution is -0.126. The zero-order valence-electron chi connectivity index (χ0n) is 19.8. The summed E-state index contributed by atoms with van der Waals surface area (Å²) in [7, 11) is 1.56. The van der Waals surface area contributed by atoms with Crippen molar-refractivity contribution in [1.29, 1.82) is 5.26 Å². The van der Waals surface area contributed by atoms with Crippen LogP contribution in [0.4, 0.5) is 5.69 Å². The highest BCUT2D eigenvalue weighted by Gasteiger charge is 2.24. The molecule has 3 aromatic carbocycles. The third kappa shape index (κ3) is 6.28. The van der Waals surface area contributed by atoms with Crippen LogP contribution in [0.15, 0.2) is 81.2 Å². The highest BCUT2D eigenvalue weighted by atomic mass is 79.9. The fraction of sp³-hybridized carbons (Fsp3) is 0.214. The number of benzene rings is 3. The second kappa shape index (κ2) is 12.1. The van der Waals surface area contributed by atoms with E-state index in [1.165, 1.54) is 0 Å². The Bertz CT molecular complexity index is 1280. The maximum Gasteiger partial charge on any atom is 0.264 e. The van der Waals surface area contributed by atoms with Crippen molar-refractivity contribution in [3.63, 3.8) is 0 Å². The maximum absolute atomic E-state index is 13.1. The van der Waals surface area contributed by atoms with Gasteiger partial charge in [0.15, 0.2) is 11.5 Å². The Hall–Kier alpha value is -3.28. The average Bonchev–Trinajstić information content (AvgIpc) is 2.92. The van der Waals surface area contributed by atoms with Crippen molar-refractivity contribution in [2.45, 2.75) is 6.61 Å². The molecule has 0 bridgehead atoms. The number of hydrogen-bond acceptors (Lipinski definition) is 5. The molecule has 184 valence electrons. The Morgan fingerprint density at radius 3 is 2.33 bits per heavy atom. The fourth-order valence-electron chi connectivity index (χ4n) is 3.95. The van der Waals surface area contributed by atoms with Gasteiger partial charge in [0.25, 0.3) is 5.91 Å². The van der Waals surface area contributed by atoms with Crippen LogP contribution in [0.1, 0.15) is 11.1 Å². The SMILES string of the molecule is COc1cc(/C=C(/C#N)C(=O)N2CCN(c3ccccc3)CC2)c(Br)cc1OCc1ccc(Br)cc1. The Morgan fingerprint density at radius 1 is 1.00 bits per heavy atom. The second-order valence-electron chi connectivity index (χ2n) is 8.22. The molecule has 6 nitrogen and oxygen atoms in total. The van der Waals surface area contributed by atoms with E-state index < -0.39 is 0 Å². The third-order valence-corrected chi connectivity index (χ3v) is 7.14. The van der Waals surface area contributed by atoms with Crippen LogP contribution in [0.5, 0.6) is 11.5 Å². The Labute approximate surface area is 228 Å². The van der Waals surface area contributed by atoms with Crippen LogP contribution >= 0.6 is 31.9 Å². The van der Waals surface area contributed by atoms with Gasteiger partial charge < -0.3 is 19.3 Å². The van der Waals surface area contributed by atoms with Gasteiger partial charge in [-0.05, 0) is 53.6 Å². The molecule has 0 saturated carbocycles. The quantitative estimate of drug-likeness (QED) is 0.240. The summed E-state index contributed by atoms with van der Waals surface area (Å²) in [5, 5.41) is 9.77. The van der Waals surface area contributed by atoms with E-state index in [1.54, 1.807) is 30.2 Å². The molecule has 8 heteroatoms. The number of halogens is 2. The molecule has 1 fully saturated rings. The number of nitriles is 1. The number of carbonyl (C=O) groups excluding carboxylic acids is 1. The van der Waals surface area contributed by atoms with Gasteiger partial charge in [0.2, 0.25) is 0 Å². The largest absolute Gasteiger partial charge is 0.493 e. The van der Waals surface area contributed by atoms with Crippen molar-refractivity contribution < 1.29 is 14.3 Å². The molecular formula is C28H25Br2N3O3. The number of hydrogen-bond donors (Lipinski definition) is 0. The van der Waals surface area contributed by atoms with Crippen LogP contribution in [0.3, 0.4) is 0 Å². The summed E-state index contributed by atoms with van der Waals surface area (Å²) in [6, 6.07) is 23.6. The van der Waals surface area contributed by atoms with Crippen molar-refractivity contribution in [3.8, 4) is 17.6 Å². The van der Waals surface area contributed by atoms with E-state index in [-0.39, 0.29) is 11.5 Å². The molecule has 1 saturated heterocycles. The minimum absolute atomic E-state index is 0.0782. The molecule has 0 atom stereocenters. The van der Waals surface area contributed by atoms with Crippen LogP contribution in [0.25, 0.3) is 6.08 Å². The number of piperazine rings is 1. The minimum atomic E-state index is -0.272. The van der Waals surface area contributed by atoms with Gasteiger partial charge in [0.05, 0.1) is 7.11 Å². The van der Waals surface area contributed by atoms with E-state index in [9.17, 15) is 10.1 Å². The Kier molecular flexibility index (Phi) is 8.68. The number of amides is 1. The summed E-state index contributed by atoms with van der Waals surface area (Å²) in [5.41, 5.74) is 2.90. The summed E-state index contributed by atoms with van der Waals surface area (Å²) in [6.07, 6.45) is 1.59. The van der Waals surface area contributed by atoms with Gasteiger partial charge in [-0.2, -0.15) is 5.26 Å². The molecule has 0 spiro atoms. The highest BCUT2D eigenvalue weighted by Crippen LogP contribution is 2.35. The van der Waals surface area contributed by atoms with Crippen molar-refractivity contribution >= 4 is 49.5 Å². The standard InChI is InChI=1S/C28H25Br2N3O3/c1-35-26-16-21(25(30)17-27(26)36-19-20-7-9-23(29)10-8-20)15-22(18-31)28(34)33-13-11-32(12-14-33)24-5-3-2-4-6-24/h2-10,15-17H,11-14,19H2,1H3/b22-15-. The van der Waals surface area contributed by atoms with Crippen molar-refractivity contribution in [2.24, 2.45) is 0 Å². The topological polar surface area (TPSA) is 65.8 Å². The van der Waals surface area contributed by atoms with Crippen molar-refractivity contribution in [3.05, 3.63) is 92.4 Å². The second-order valence-corrected chi connectivity index (χ2v) is 9.99. The van der Waals surface area contributed by atoms with Crippen LogP contribution in [0, 0.1) is 11.3 Å². The predicted octanol–water partition coefficient (Wildman–Crippen LogP) is 6.05. The Balaban J connectivity index is 1.46. The zero-order valence-corrected chi connectivity index (χ0v) is 23.0. The lowest BCUT2D eigenvalue weighted by atomic mass is 10.1. The molecular weight excluding hydrogens is 586 g/mol. The van der Waals surface area contributed by atoms with Gasteiger partial charge in [-0.15, -0.1) is 0 Å². The molecule has 0 aliphatic carbocycles. The van der Waals surface area contributed by atoms with E-state index in [0.717, 1.165) is 28.8 Å². The van der Waals surface area contributed by atoms with Gasteiger partial charge >= 0.3 is 0 Å². The molecule has 1 heterocycles. The number of para-hydroxylation sites is 1. The molecule has 0 radical (unpaired) electrons. The molecule has 0 N–H and O–H groups in total. The molecule has 1 aliphatic heterocycles. The third-order valence-electron chi connectivity index (χ3n) is 5.93. The summed E-state index contributed by atoms with van der Waals surface area (Å²) < 4.78 is 13.2. The first kappa shape index (κ1) is 25.8. The molecule has 1 amide bonds. The average molecular weight is 611 g/mol. The lowest BCUT2D eigenvalue weighted by Gasteiger charge is -2.36. The number of ether oxygens (including phenoxy) is 2. The molecule has 36 heavy (non-hydrogen) atoms. The predicted molar refractivity (Wildman–Crippen MR) is 148 cm³/mol. The van der Waals surface area contributed by atoms with E-state index in [1.807, 2.05) is 42.5 Å². The summed E-state index contributed by atoms with van der Waals surface area (Å²) >= 11 is 6.99. The molecule has 3 aromatic rings. The van der Waals surface area contributed by atoms with Crippen molar-refractivity contribution in [1.82, 2.24) is 4.90 Å². The lowest BCUT2D eigenvalue weighted by Crippen LogP contribution is -2.49. The number of anilines is 1. The minimum Gasteiger partial charge on any atom is -0.493 e. The van der Waals surface area contributed by atoms with Gasteiger partial charge in [0, 0.05) is 40.8 Å². The fourth-order valence-corrected chi connectivity index (χ4v) is 4.65. The Morgan fingerprint density at radius 2 is 1.69 bits per heavy atom. The monoisotopic (exact) mass is 609 g/mol. The van der Waals surface area contributed by atoms with Gasteiger partial charge in [0.1, 0.15) is 18.2 Å². The summed E-state index contributed by atoms with van der Waals surface area (Å²) in [4.78, 5) is 17.1. The van der Waals surface area contributed by atoms with E-state index >= 15 is 0 Å². The summed E-state index contributed by atoms with van der Waals surface area (Å²) in [5.74, 6) is 0.806. The van der Waals surface area contributed by atoms with Crippen molar-refractivity contribution in [2.75, 3.05) is 38.2 Å². The van der Waals surface area contributed by atoms with Gasteiger partial charge in [-0.25, -0.2) is 0 Å². The molecule has 1 aliphatic rings. The molecule has 0 unspecified atom stereocenters. The first-order valence-electron chi connectivity index (χ1n) is 11.4. The normalized spacial score (nSPS) is 13.8. The first-order valence-corrected chi connectivity index (χ1v) is 13.0. The van der Waals surface area contributed by atoms with E-state index in [0.29, 0.717) is 41.2 Å². The smallest absolute Gasteiger partial charge is 0.264 e. The number of rotatable bonds is 7. The van der Waals surface area contributed by atoms with Gasteiger partial charge in [-0.3, -0.25) is 4.79 Å². The van der Waals surface area contributed by atoms with Gasteiger partial charge in [-0.1, -0.05) is 62.2 Å². The van der Waals surface area contributed by atoms with E-state index in [2.05, 4.69) is 55.0 Å². The van der Waals surface area contributed by atoms with Crippen LogP contribution < -0.4 is 14.4 Å². The van der Waals surface area contributed by atoms with Crippen LogP contribution in [-0.2, 0) is 11.4 Å².